The van der Waals surface area contributed by atoms with Gasteiger partial charge in [-0.05, 0) is 37.9 Å². The minimum Gasteiger partial charge on any atom is -0.481 e. The number of nitrogens with zero attached hydrogens (tertiary/aromatic N) is 1. The molecular formula is C9H7Br2NO3S. The summed E-state index contributed by atoms with van der Waals surface area (Å²) < 4.78 is 1.71. The molecule has 0 unspecified atom stereocenters. The topological polar surface area (TPSA) is 57.6 Å². The van der Waals surface area contributed by atoms with E-state index in [9.17, 15) is 9.59 Å². The first kappa shape index (κ1) is 12.1. The van der Waals surface area contributed by atoms with E-state index in [2.05, 4.69) is 31.9 Å². The molecule has 4 nitrogen and oxygen atoms in total. The highest BCUT2D eigenvalue weighted by molar-refractivity contribution is 9.13. The number of halogens is 2. The predicted molar refractivity (Wildman–Crippen MR) is 66.7 cm³/mol. The van der Waals surface area contributed by atoms with Crippen LogP contribution >= 0.6 is 43.2 Å². The van der Waals surface area contributed by atoms with Gasteiger partial charge in [-0.1, -0.05) is 0 Å². The molecule has 1 aliphatic heterocycles. The Labute approximate surface area is 113 Å². The maximum Gasteiger partial charge on any atom is 0.310 e. The highest BCUT2D eigenvalue weighted by Gasteiger charge is 2.36. The number of carboxylic acid groups (broad SMARTS) is 1. The molecule has 1 aromatic heterocycles. The lowest BCUT2D eigenvalue weighted by atomic mass is 10.0. The summed E-state index contributed by atoms with van der Waals surface area (Å²) in [7, 11) is 0. The van der Waals surface area contributed by atoms with E-state index < -0.39 is 11.9 Å². The van der Waals surface area contributed by atoms with Gasteiger partial charge in [-0.25, -0.2) is 0 Å². The summed E-state index contributed by atoms with van der Waals surface area (Å²) in [5.41, 5.74) is 0. The quantitative estimate of drug-likeness (QED) is 0.872. The maximum atomic E-state index is 11.9. The third kappa shape index (κ3) is 2.16. The number of carboxylic acids is 1. The first-order valence-corrected chi connectivity index (χ1v) is 6.86. The van der Waals surface area contributed by atoms with Crippen molar-refractivity contribution in [2.24, 2.45) is 5.92 Å². The Hall–Kier alpha value is -0.400. The van der Waals surface area contributed by atoms with Gasteiger partial charge in [0.05, 0.1) is 14.6 Å². The van der Waals surface area contributed by atoms with E-state index in [-0.39, 0.29) is 5.91 Å². The molecule has 1 N–H and O–H groups in total. The summed E-state index contributed by atoms with van der Waals surface area (Å²) >= 11 is 7.96. The Balaban J connectivity index is 2.03. The van der Waals surface area contributed by atoms with Gasteiger partial charge in [0.1, 0.15) is 0 Å². The van der Waals surface area contributed by atoms with E-state index >= 15 is 0 Å². The normalized spacial score (nSPS) is 16.0. The second-order valence-electron chi connectivity index (χ2n) is 3.48. The molecule has 0 radical (unpaired) electrons. The van der Waals surface area contributed by atoms with E-state index in [0.29, 0.717) is 18.0 Å². The molecule has 2 rings (SSSR count). The molecule has 0 aliphatic carbocycles. The Morgan fingerprint density at radius 2 is 2.06 bits per heavy atom. The second-order valence-corrected chi connectivity index (χ2v) is 6.70. The van der Waals surface area contributed by atoms with Crippen LogP contribution < -0.4 is 0 Å². The summed E-state index contributed by atoms with van der Waals surface area (Å²) in [5.74, 6) is -1.35. The van der Waals surface area contributed by atoms with Crippen LogP contribution in [0.15, 0.2) is 14.3 Å². The zero-order chi connectivity index (χ0) is 11.9. The van der Waals surface area contributed by atoms with Crippen LogP contribution in [0.25, 0.3) is 0 Å². The van der Waals surface area contributed by atoms with Crippen LogP contribution in [0.1, 0.15) is 9.67 Å². The second kappa shape index (κ2) is 4.46. The zero-order valence-corrected chi connectivity index (χ0v) is 11.9. The van der Waals surface area contributed by atoms with Gasteiger partial charge in [0.15, 0.2) is 0 Å². The average Bonchev–Trinajstić information content (AvgIpc) is 2.43. The fraction of sp³-hybridized carbons (Fsp3) is 0.333. The number of likely N-dealkylation sites (tertiary alicyclic amines) is 1. The van der Waals surface area contributed by atoms with Gasteiger partial charge in [-0.3, -0.25) is 9.59 Å². The number of hydrogen-bond donors (Lipinski definition) is 1. The number of amides is 1. The fourth-order valence-electron chi connectivity index (χ4n) is 1.41. The van der Waals surface area contributed by atoms with Gasteiger partial charge >= 0.3 is 5.97 Å². The van der Waals surface area contributed by atoms with Crippen LogP contribution in [0.3, 0.4) is 0 Å². The SMILES string of the molecule is O=C(O)C1CN(C(=O)c2cc(Br)c(Br)s2)C1. The fourth-order valence-corrected chi connectivity index (χ4v) is 3.41. The molecule has 0 spiro atoms. The largest absolute Gasteiger partial charge is 0.481 e. The summed E-state index contributed by atoms with van der Waals surface area (Å²) in [6.07, 6.45) is 0. The van der Waals surface area contributed by atoms with Crippen LogP contribution in [-0.4, -0.2) is 35.0 Å². The molecule has 1 fully saturated rings. The minimum absolute atomic E-state index is 0.103. The molecule has 7 heteroatoms. The minimum atomic E-state index is -0.836. The molecule has 1 aliphatic rings. The van der Waals surface area contributed by atoms with E-state index in [4.69, 9.17) is 5.11 Å². The van der Waals surface area contributed by atoms with Crippen molar-refractivity contribution in [2.75, 3.05) is 13.1 Å². The van der Waals surface area contributed by atoms with Crippen LogP contribution in [0.2, 0.25) is 0 Å². The van der Waals surface area contributed by atoms with Crippen molar-refractivity contribution in [1.82, 2.24) is 4.90 Å². The lowest BCUT2D eigenvalue weighted by Crippen LogP contribution is -2.52. The third-order valence-electron chi connectivity index (χ3n) is 2.37. The number of thiophene rings is 1. The van der Waals surface area contributed by atoms with Crippen molar-refractivity contribution in [1.29, 1.82) is 0 Å². The van der Waals surface area contributed by atoms with E-state index in [1.807, 2.05) is 0 Å². The Kier molecular flexibility index (Phi) is 3.37. The molecule has 86 valence electrons. The van der Waals surface area contributed by atoms with Gasteiger partial charge in [0, 0.05) is 17.6 Å². The third-order valence-corrected chi connectivity index (χ3v) is 5.62. The van der Waals surface area contributed by atoms with Crippen LogP contribution in [0.4, 0.5) is 0 Å². The summed E-state index contributed by atoms with van der Waals surface area (Å²) in [4.78, 5) is 24.6. The maximum absolute atomic E-state index is 11.9. The predicted octanol–water partition coefficient (Wildman–Crippen LogP) is 2.43. The number of aliphatic carboxylic acids is 1. The van der Waals surface area contributed by atoms with E-state index in [0.717, 1.165) is 8.26 Å². The van der Waals surface area contributed by atoms with Gasteiger partial charge < -0.3 is 10.0 Å². The van der Waals surface area contributed by atoms with Gasteiger partial charge in [-0.15, -0.1) is 11.3 Å². The lowest BCUT2D eigenvalue weighted by molar-refractivity contribution is -0.146. The van der Waals surface area contributed by atoms with Crippen molar-refractivity contribution >= 4 is 55.1 Å². The summed E-state index contributed by atoms with van der Waals surface area (Å²) in [6.45, 7) is 0.614. The Morgan fingerprint density at radius 3 is 2.50 bits per heavy atom. The zero-order valence-electron chi connectivity index (χ0n) is 7.94. The van der Waals surface area contributed by atoms with Crippen molar-refractivity contribution < 1.29 is 14.7 Å². The van der Waals surface area contributed by atoms with Crippen LogP contribution in [-0.2, 0) is 4.79 Å². The van der Waals surface area contributed by atoms with E-state index in [1.165, 1.54) is 11.3 Å². The number of carbonyl (C=O) groups is 2. The number of rotatable bonds is 2. The van der Waals surface area contributed by atoms with Crippen molar-refractivity contribution in [3.63, 3.8) is 0 Å². The highest BCUT2D eigenvalue weighted by atomic mass is 79.9. The Morgan fingerprint density at radius 1 is 1.44 bits per heavy atom. The molecular weight excluding hydrogens is 362 g/mol. The number of carbonyl (C=O) groups excluding carboxylic acids is 1. The summed E-state index contributed by atoms with van der Waals surface area (Å²) in [6, 6.07) is 1.74. The van der Waals surface area contributed by atoms with Gasteiger partial charge in [0.25, 0.3) is 5.91 Å². The van der Waals surface area contributed by atoms with Gasteiger partial charge in [0.2, 0.25) is 0 Å². The molecule has 0 aromatic carbocycles. The molecule has 2 heterocycles. The first-order valence-electron chi connectivity index (χ1n) is 4.46. The molecule has 16 heavy (non-hydrogen) atoms. The van der Waals surface area contributed by atoms with Crippen LogP contribution in [0.5, 0.6) is 0 Å². The Bertz CT molecular complexity index is 434. The van der Waals surface area contributed by atoms with Crippen molar-refractivity contribution in [3.05, 3.63) is 19.2 Å². The van der Waals surface area contributed by atoms with Gasteiger partial charge in [-0.2, -0.15) is 0 Å². The standard InChI is InChI=1S/C9H7Br2NO3S/c10-5-1-6(16-7(5)11)8(13)12-2-4(3-12)9(14)15/h1,4H,2-3H2,(H,14,15). The summed E-state index contributed by atoms with van der Waals surface area (Å²) in [5, 5.41) is 8.70. The van der Waals surface area contributed by atoms with Crippen molar-refractivity contribution in [2.45, 2.75) is 0 Å². The molecule has 1 amide bonds. The molecule has 1 aromatic rings. The molecule has 0 atom stereocenters. The highest BCUT2D eigenvalue weighted by Crippen LogP contribution is 2.33. The van der Waals surface area contributed by atoms with Crippen molar-refractivity contribution in [3.8, 4) is 0 Å². The first-order chi connectivity index (χ1) is 7.49. The molecule has 1 saturated heterocycles. The molecule has 0 saturated carbocycles. The lowest BCUT2D eigenvalue weighted by Gasteiger charge is -2.36. The monoisotopic (exact) mass is 367 g/mol. The average molecular weight is 369 g/mol. The molecule has 0 bridgehead atoms. The smallest absolute Gasteiger partial charge is 0.310 e. The number of hydrogen-bond acceptors (Lipinski definition) is 3. The van der Waals surface area contributed by atoms with E-state index in [1.54, 1.807) is 11.0 Å². The van der Waals surface area contributed by atoms with Crippen LogP contribution in [0, 0.1) is 5.92 Å².